The van der Waals surface area contributed by atoms with Gasteiger partial charge < -0.3 is 0 Å². The average Bonchev–Trinajstić information content (AvgIpc) is 2.88. The van der Waals surface area contributed by atoms with Gasteiger partial charge in [0.1, 0.15) is 10.0 Å². The molecule has 1 fully saturated rings. The Morgan fingerprint density at radius 2 is 1.37 bits per heavy atom. The summed E-state index contributed by atoms with van der Waals surface area (Å²) in [5.41, 5.74) is 1.28. The van der Waals surface area contributed by atoms with Gasteiger partial charge in [-0.3, -0.25) is 4.68 Å². The lowest BCUT2D eigenvalue weighted by molar-refractivity contribution is 0.272. The van der Waals surface area contributed by atoms with Gasteiger partial charge in [0.05, 0.1) is 10.6 Å². The first-order valence-corrected chi connectivity index (χ1v) is 11.6. The molecular weight excluding hydrogens is 412 g/mol. The first-order chi connectivity index (χ1) is 12.5. The van der Waals surface area contributed by atoms with E-state index in [0.717, 1.165) is 5.56 Å². The number of benzene rings is 1. The largest absolute Gasteiger partial charge is 0.255 e. The molecule has 1 aromatic carbocycles. The lowest BCUT2D eigenvalue weighted by Gasteiger charge is -2.33. The second-order valence-electron chi connectivity index (χ2n) is 6.45. The molecule has 1 aromatic heterocycles. The second-order valence-corrected chi connectivity index (χ2v) is 10.6. The predicted octanol–water partition coefficient (Wildman–Crippen LogP) is 1.39. The number of halogens is 1. The van der Waals surface area contributed by atoms with E-state index in [9.17, 15) is 16.8 Å². The van der Waals surface area contributed by atoms with E-state index in [-0.39, 0.29) is 41.1 Å². The lowest BCUT2D eigenvalue weighted by Crippen LogP contribution is -2.50. The monoisotopic (exact) mass is 432 g/mol. The Morgan fingerprint density at radius 1 is 0.889 bits per heavy atom. The van der Waals surface area contributed by atoms with Crippen LogP contribution in [0.15, 0.2) is 34.1 Å². The predicted molar refractivity (Wildman–Crippen MR) is 102 cm³/mol. The SMILES string of the molecule is Cc1ccc(S(=O)(=O)N2CCN(S(=O)(=O)c3c(C)nn(C)c3Cl)CC2)cc1. The van der Waals surface area contributed by atoms with Gasteiger partial charge in [-0.15, -0.1) is 0 Å². The Kier molecular flexibility index (Phi) is 5.39. The van der Waals surface area contributed by atoms with Crippen LogP contribution in [0.1, 0.15) is 11.3 Å². The summed E-state index contributed by atoms with van der Waals surface area (Å²) in [4.78, 5) is 0.178. The van der Waals surface area contributed by atoms with E-state index in [4.69, 9.17) is 11.6 Å². The van der Waals surface area contributed by atoms with E-state index in [1.807, 2.05) is 6.92 Å². The Labute approximate surface area is 164 Å². The third-order valence-electron chi connectivity index (χ3n) is 4.55. The molecule has 0 N–H and O–H groups in total. The molecule has 1 aliphatic heterocycles. The smallest absolute Gasteiger partial charge is 0.248 e. The van der Waals surface area contributed by atoms with Gasteiger partial charge >= 0.3 is 0 Å². The molecule has 0 unspecified atom stereocenters. The zero-order valence-corrected chi connectivity index (χ0v) is 17.6. The summed E-state index contributed by atoms with van der Waals surface area (Å²) in [5.74, 6) is 0. The van der Waals surface area contributed by atoms with Crippen LogP contribution in [0.5, 0.6) is 0 Å². The summed E-state index contributed by atoms with van der Waals surface area (Å²) in [7, 11) is -5.93. The Balaban J connectivity index is 1.80. The van der Waals surface area contributed by atoms with Crippen LogP contribution in [0.3, 0.4) is 0 Å². The molecule has 0 radical (unpaired) electrons. The van der Waals surface area contributed by atoms with E-state index in [1.165, 1.54) is 13.3 Å². The third-order valence-corrected chi connectivity index (χ3v) is 9.06. The summed E-state index contributed by atoms with van der Waals surface area (Å²) >= 11 is 6.10. The summed E-state index contributed by atoms with van der Waals surface area (Å²) in [5, 5.41) is 4.09. The first kappa shape index (κ1) is 20.3. The molecule has 1 aliphatic rings. The molecule has 2 aromatic rings. The molecule has 11 heteroatoms. The average molecular weight is 433 g/mol. The highest BCUT2D eigenvalue weighted by Crippen LogP contribution is 2.28. The third kappa shape index (κ3) is 3.64. The van der Waals surface area contributed by atoms with E-state index < -0.39 is 20.0 Å². The van der Waals surface area contributed by atoms with Gasteiger partial charge in [-0.1, -0.05) is 29.3 Å². The number of hydrogen-bond acceptors (Lipinski definition) is 5. The van der Waals surface area contributed by atoms with Crippen molar-refractivity contribution in [2.45, 2.75) is 23.6 Å². The standard InChI is InChI=1S/C16H21ClN4O4S2/c1-12-4-6-14(7-5-12)26(22,23)20-8-10-21(11-9-20)27(24,25)15-13(2)18-19(3)16(15)17/h4-7H,8-11H2,1-3H3. The fourth-order valence-corrected chi connectivity index (χ4v) is 6.59. The number of nitrogens with zero attached hydrogens (tertiary/aromatic N) is 4. The molecule has 3 rings (SSSR count). The van der Waals surface area contributed by atoms with Crippen LogP contribution in [0, 0.1) is 13.8 Å². The highest BCUT2D eigenvalue weighted by atomic mass is 35.5. The van der Waals surface area contributed by atoms with Crippen LogP contribution >= 0.6 is 11.6 Å². The van der Waals surface area contributed by atoms with Crippen LogP contribution in [-0.2, 0) is 27.1 Å². The van der Waals surface area contributed by atoms with Crippen molar-refractivity contribution in [3.05, 3.63) is 40.7 Å². The Hall–Kier alpha value is -1.46. The van der Waals surface area contributed by atoms with Gasteiger partial charge in [-0.05, 0) is 26.0 Å². The topological polar surface area (TPSA) is 92.6 Å². The van der Waals surface area contributed by atoms with E-state index in [2.05, 4.69) is 5.10 Å². The van der Waals surface area contributed by atoms with Crippen molar-refractivity contribution < 1.29 is 16.8 Å². The molecule has 0 bridgehead atoms. The number of hydrogen-bond donors (Lipinski definition) is 0. The van der Waals surface area contributed by atoms with Crippen LogP contribution in [0.2, 0.25) is 5.15 Å². The molecular formula is C16H21ClN4O4S2. The van der Waals surface area contributed by atoms with Crippen molar-refractivity contribution in [3.63, 3.8) is 0 Å². The maximum Gasteiger partial charge on any atom is 0.248 e. The first-order valence-electron chi connectivity index (χ1n) is 8.31. The number of piperazine rings is 1. The zero-order chi connectivity index (χ0) is 20.0. The van der Waals surface area contributed by atoms with Gasteiger partial charge in [0.25, 0.3) is 0 Å². The number of sulfonamides is 2. The maximum atomic E-state index is 12.9. The van der Waals surface area contributed by atoms with Crippen molar-refractivity contribution in [1.29, 1.82) is 0 Å². The van der Waals surface area contributed by atoms with Gasteiger partial charge in [0, 0.05) is 33.2 Å². The molecule has 0 spiro atoms. The summed E-state index contributed by atoms with van der Waals surface area (Å²) < 4.78 is 55.2. The van der Waals surface area contributed by atoms with Gasteiger partial charge in [-0.2, -0.15) is 13.7 Å². The number of rotatable bonds is 4. The molecule has 0 amide bonds. The fraction of sp³-hybridized carbons (Fsp3) is 0.438. The van der Waals surface area contributed by atoms with Gasteiger partial charge in [-0.25, -0.2) is 16.8 Å². The summed E-state index contributed by atoms with van der Waals surface area (Å²) in [6, 6.07) is 6.60. The Bertz CT molecular complexity index is 1050. The molecule has 148 valence electrons. The van der Waals surface area contributed by atoms with Crippen LogP contribution in [-0.4, -0.2) is 61.4 Å². The van der Waals surface area contributed by atoms with E-state index >= 15 is 0 Å². The lowest BCUT2D eigenvalue weighted by atomic mass is 10.2. The van der Waals surface area contributed by atoms with Crippen LogP contribution in [0.25, 0.3) is 0 Å². The minimum absolute atomic E-state index is 0.0264. The molecule has 0 atom stereocenters. The fourth-order valence-electron chi connectivity index (χ4n) is 3.04. The molecule has 1 saturated heterocycles. The van der Waals surface area contributed by atoms with Crippen molar-refractivity contribution >= 4 is 31.6 Å². The van der Waals surface area contributed by atoms with Gasteiger partial charge in [0.2, 0.25) is 20.0 Å². The number of aromatic nitrogens is 2. The molecule has 0 saturated carbocycles. The minimum atomic E-state index is -3.85. The molecule has 2 heterocycles. The van der Waals surface area contributed by atoms with E-state index in [1.54, 1.807) is 38.2 Å². The van der Waals surface area contributed by atoms with Crippen molar-refractivity contribution in [1.82, 2.24) is 18.4 Å². The zero-order valence-electron chi connectivity index (χ0n) is 15.3. The minimum Gasteiger partial charge on any atom is -0.255 e. The number of aryl methyl sites for hydroxylation is 3. The van der Waals surface area contributed by atoms with Crippen molar-refractivity contribution in [3.8, 4) is 0 Å². The van der Waals surface area contributed by atoms with Gasteiger partial charge in [0.15, 0.2) is 0 Å². The van der Waals surface area contributed by atoms with Crippen molar-refractivity contribution in [2.24, 2.45) is 7.05 Å². The maximum absolute atomic E-state index is 12.9. The molecule has 27 heavy (non-hydrogen) atoms. The van der Waals surface area contributed by atoms with E-state index in [0.29, 0.717) is 5.69 Å². The van der Waals surface area contributed by atoms with Crippen LogP contribution < -0.4 is 0 Å². The van der Waals surface area contributed by atoms with Crippen LogP contribution in [0.4, 0.5) is 0 Å². The summed E-state index contributed by atoms with van der Waals surface area (Å²) in [6.45, 7) is 3.72. The highest BCUT2D eigenvalue weighted by molar-refractivity contribution is 7.89. The van der Waals surface area contributed by atoms with Crippen molar-refractivity contribution in [2.75, 3.05) is 26.2 Å². The normalized spacial score (nSPS) is 17.3. The second kappa shape index (κ2) is 7.17. The highest BCUT2D eigenvalue weighted by Gasteiger charge is 2.36. The molecule has 8 nitrogen and oxygen atoms in total. The quantitative estimate of drug-likeness (QED) is 0.727. The molecule has 0 aliphatic carbocycles. The summed E-state index contributed by atoms with van der Waals surface area (Å²) in [6.07, 6.45) is 0. The Morgan fingerprint density at radius 3 is 1.81 bits per heavy atom.